The van der Waals surface area contributed by atoms with Gasteiger partial charge in [0, 0.05) is 12.7 Å². The van der Waals surface area contributed by atoms with Gasteiger partial charge in [-0.25, -0.2) is 0 Å². The number of ether oxygens (including phenoxy) is 1. The van der Waals surface area contributed by atoms with Gasteiger partial charge < -0.3 is 15.0 Å². The van der Waals surface area contributed by atoms with Crippen LogP contribution >= 0.6 is 0 Å². The molecule has 2 N–H and O–H groups in total. The number of nitrogens with zero attached hydrogens (tertiary/aromatic N) is 2. The van der Waals surface area contributed by atoms with E-state index in [0.29, 0.717) is 18.3 Å². The Bertz CT molecular complexity index is 549. The van der Waals surface area contributed by atoms with Crippen molar-refractivity contribution in [3.63, 3.8) is 0 Å². The molecule has 1 unspecified atom stereocenters. The van der Waals surface area contributed by atoms with E-state index in [1.807, 2.05) is 25.1 Å². The molecule has 0 spiro atoms. The molecular weight excluding hydrogens is 242 g/mol. The molecule has 0 radical (unpaired) electrons. The van der Waals surface area contributed by atoms with Crippen LogP contribution < -0.4 is 5.73 Å². The van der Waals surface area contributed by atoms with Crippen molar-refractivity contribution in [1.82, 2.24) is 10.1 Å². The predicted octanol–water partition coefficient (Wildman–Crippen LogP) is 2.12. The SMILES string of the molecule is CCc1ccccc1-c1nc(C(C)(N)COC)no1. The first-order chi connectivity index (χ1) is 9.08. The zero-order chi connectivity index (χ0) is 13.9. The molecule has 1 heterocycles. The van der Waals surface area contributed by atoms with Crippen LogP contribution in [0.15, 0.2) is 28.8 Å². The maximum absolute atomic E-state index is 6.10. The molecule has 0 aliphatic rings. The maximum Gasteiger partial charge on any atom is 0.258 e. The Labute approximate surface area is 112 Å². The number of hydrogen-bond donors (Lipinski definition) is 1. The fourth-order valence-corrected chi connectivity index (χ4v) is 1.97. The number of benzene rings is 1. The third-order valence-corrected chi connectivity index (χ3v) is 3.01. The first kappa shape index (κ1) is 13.7. The standard InChI is InChI=1S/C14H19N3O2/c1-4-10-7-5-6-8-11(10)12-16-13(17-19-12)14(2,15)9-18-3/h5-8H,4,9,15H2,1-3H3. The van der Waals surface area contributed by atoms with Crippen LogP contribution in [0.5, 0.6) is 0 Å². The van der Waals surface area contributed by atoms with Gasteiger partial charge in [-0.3, -0.25) is 0 Å². The van der Waals surface area contributed by atoms with Crippen molar-refractivity contribution in [3.8, 4) is 11.5 Å². The second-order valence-corrected chi connectivity index (χ2v) is 4.78. The Balaban J connectivity index is 2.36. The average molecular weight is 261 g/mol. The quantitative estimate of drug-likeness (QED) is 0.892. The number of hydrogen-bond acceptors (Lipinski definition) is 5. The van der Waals surface area contributed by atoms with Crippen LogP contribution in [0.3, 0.4) is 0 Å². The van der Waals surface area contributed by atoms with E-state index in [9.17, 15) is 0 Å². The summed E-state index contributed by atoms with van der Waals surface area (Å²) in [5.41, 5.74) is 7.47. The first-order valence-corrected chi connectivity index (χ1v) is 6.28. The molecule has 1 atom stereocenters. The molecule has 0 aliphatic heterocycles. The first-order valence-electron chi connectivity index (χ1n) is 6.28. The highest BCUT2D eigenvalue weighted by Crippen LogP contribution is 2.24. The highest BCUT2D eigenvalue weighted by Gasteiger charge is 2.28. The third kappa shape index (κ3) is 2.83. The van der Waals surface area contributed by atoms with Crippen molar-refractivity contribution in [2.45, 2.75) is 25.8 Å². The highest BCUT2D eigenvalue weighted by atomic mass is 16.5. The second kappa shape index (κ2) is 5.50. The van der Waals surface area contributed by atoms with Crippen LogP contribution in [0.4, 0.5) is 0 Å². The van der Waals surface area contributed by atoms with Gasteiger partial charge in [-0.2, -0.15) is 4.98 Å². The topological polar surface area (TPSA) is 74.2 Å². The Hall–Kier alpha value is -1.72. The summed E-state index contributed by atoms with van der Waals surface area (Å²) in [5.74, 6) is 0.954. The third-order valence-electron chi connectivity index (χ3n) is 3.01. The molecule has 1 aromatic carbocycles. The fourth-order valence-electron chi connectivity index (χ4n) is 1.97. The summed E-state index contributed by atoms with van der Waals surface area (Å²) in [6, 6.07) is 7.98. The van der Waals surface area contributed by atoms with Crippen molar-refractivity contribution >= 4 is 0 Å². The Morgan fingerprint density at radius 3 is 2.79 bits per heavy atom. The molecule has 5 nitrogen and oxygen atoms in total. The van der Waals surface area contributed by atoms with Gasteiger partial charge >= 0.3 is 0 Å². The lowest BCUT2D eigenvalue weighted by Crippen LogP contribution is -2.38. The number of aryl methyl sites for hydroxylation is 1. The van der Waals surface area contributed by atoms with E-state index in [0.717, 1.165) is 12.0 Å². The fraction of sp³-hybridized carbons (Fsp3) is 0.429. The maximum atomic E-state index is 6.10. The highest BCUT2D eigenvalue weighted by molar-refractivity contribution is 5.58. The van der Waals surface area contributed by atoms with E-state index < -0.39 is 5.54 Å². The lowest BCUT2D eigenvalue weighted by atomic mass is 10.0. The lowest BCUT2D eigenvalue weighted by molar-refractivity contribution is 0.135. The van der Waals surface area contributed by atoms with Crippen molar-refractivity contribution in [1.29, 1.82) is 0 Å². The van der Waals surface area contributed by atoms with Crippen molar-refractivity contribution in [2.24, 2.45) is 5.73 Å². The molecule has 0 fully saturated rings. The number of nitrogens with two attached hydrogens (primary N) is 1. The van der Waals surface area contributed by atoms with Crippen LogP contribution in [-0.2, 0) is 16.7 Å². The summed E-state index contributed by atoms with van der Waals surface area (Å²) in [7, 11) is 1.60. The van der Waals surface area contributed by atoms with Crippen LogP contribution in [0.1, 0.15) is 25.2 Å². The minimum Gasteiger partial charge on any atom is -0.382 e. The second-order valence-electron chi connectivity index (χ2n) is 4.78. The molecule has 0 amide bonds. The lowest BCUT2D eigenvalue weighted by Gasteiger charge is -2.18. The molecule has 2 aromatic rings. The summed E-state index contributed by atoms with van der Waals surface area (Å²) in [6.45, 7) is 4.24. The summed E-state index contributed by atoms with van der Waals surface area (Å²) in [5, 5.41) is 3.97. The van der Waals surface area contributed by atoms with E-state index >= 15 is 0 Å². The summed E-state index contributed by atoms with van der Waals surface area (Å²) >= 11 is 0. The normalized spacial score (nSPS) is 14.3. The largest absolute Gasteiger partial charge is 0.382 e. The van der Waals surface area contributed by atoms with Crippen LogP contribution in [0.25, 0.3) is 11.5 Å². The van der Waals surface area contributed by atoms with E-state index in [4.69, 9.17) is 15.0 Å². The van der Waals surface area contributed by atoms with Crippen molar-refractivity contribution < 1.29 is 9.26 Å². The summed E-state index contributed by atoms with van der Waals surface area (Å²) < 4.78 is 10.4. The molecule has 0 aliphatic carbocycles. The molecule has 0 saturated carbocycles. The molecule has 0 saturated heterocycles. The van der Waals surface area contributed by atoms with Crippen molar-refractivity contribution in [2.75, 3.05) is 13.7 Å². The molecule has 5 heteroatoms. The van der Waals surface area contributed by atoms with Crippen LogP contribution in [0.2, 0.25) is 0 Å². The Morgan fingerprint density at radius 1 is 1.37 bits per heavy atom. The zero-order valence-electron chi connectivity index (χ0n) is 11.5. The number of aromatic nitrogens is 2. The molecule has 2 rings (SSSR count). The van der Waals surface area contributed by atoms with Crippen LogP contribution in [-0.4, -0.2) is 23.9 Å². The minimum absolute atomic E-state index is 0.335. The molecule has 19 heavy (non-hydrogen) atoms. The van der Waals surface area contributed by atoms with Gasteiger partial charge in [-0.15, -0.1) is 0 Å². The summed E-state index contributed by atoms with van der Waals surface area (Å²) in [4.78, 5) is 4.40. The van der Waals surface area contributed by atoms with Gasteiger partial charge in [0.05, 0.1) is 6.61 Å². The van der Waals surface area contributed by atoms with Gasteiger partial charge in [0.2, 0.25) is 0 Å². The Kier molecular flexibility index (Phi) is 3.97. The number of rotatable bonds is 5. The monoisotopic (exact) mass is 261 g/mol. The van der Waals surface area contributed by atoms with Gasteiger partial charge in [0.1, 0.15) is 5.54 Å². The van der Waals surface area contributed by atoms with Gasteiger partial charge in [0.25, 0.3) is 5.89 Å². The predicted molar refractivity (Wildman–Crippen MR) is 72.5 cm³/mol. The molecule has 1 aromatic heterocycles. The molecule has 102 valence electrons. The zero-order valence-corrected chi connectivity index (χ0v) is 11.5. The van der Waals surface area contributed by atoms with Gasteiger partial charge in [0.15, 0.2) is 5.82 Å². The van der Waals surface area contributed by atoms with E-state index in [1.165, 1.54) is 5.56 Å². The molecule has 0 bridgehead atoms. The van der Waals surface area contributed by atoms with E-state index in [2.05, 4.69) is 23.1 Å². The van der Waals surface area contributed by atoms with Crippen LogP contribution in [0, 0.1) is 0 Å². The molecular formula is C14H19N3O2. The van der Waals surface area contributed by atoms with Gasteiger partial charge in [-0.05, 0) is 25.0 Å². The summed E-state index contributed by atoms with van der Waals surface area (Å²) in [6.07, 6.45) is 0.909. The Morgan fingerprint density at radius 2 is 2.11 bits per heavy atom. The minimum atomic E-state index is -0.752. The average Bonchev–Trinajstić information content (AvgIpc) is 2.89. The smallest absolute Gasteiger partial charge is 0.258 e. The number of methoxy groups -OCH3 is 1. The van der Waals surface area contributed by atoms with E-state index in [1.54, 1.807) is 7.11 Å². The van der Waals surface area contributed by atoms with Crippen molar-refractivity contribution in [3.05, 3.63) is 35.7 Å². The van der Waals surface area contributed by atoms with E-state index in [-0.39, 0.29) is 0 Å². The van der Waals surface area contributed by atoms with Gasteiger partial charge in [-0.1, -0.05) is 30.3 Å².